The van der Waals surface area contributed by atoms with E-state index < -0.39 is 28.0 Å². The molecule has 0 aliphatic carbocycles. The molecule has 1 aliphatic heterocycles. The molecule has 31 heavy (non-hydrogen) atoms. The van der Waals surface area contributed by atoms with Crippen molar-refractivity contribution in [3.63, 3.8) is 0 Å². The molecule has 1 unspecified atom stereocenters. The van der Waals surface area contributed by atoms with Gasteiger partial charge >= 0.3 is 6.03 Å². The number of halogens is 1. The fourth-order valence-corrected chi connectivity index (χ4v) is 4.73. The van der Waals surface area contributed by atoms with Crippen LogP contribution in [-0.2, 0) is 14.8 Å². The van der Waals surface area contributed by atoms with Crippen LogP contribution < -0.4 is 15.4 Å². The summed E-state index contributed by atoms with van der Waals surface area (Å²) in [5.74, 6) is -0.438. The fourth-order valence-electron chi connectivity index (χ4n) is 3.41. The molecule has 3 rings (SSSR count). The van der Waals surface area contributed by atoms with E-state index in [1.807, 2.05) is 0 Å². The van der Waals surface area contributed by atoms with Crippen molar-refractivity contribution in [3.8, 4) is 5.75 Å². The second-order valence-electron chi connectivity index (χ2n) is 7.05. The lowest BCUT2D eigenvalue weighted by molar-refractivity contribution is 0.147. The summed E-state index contributed by atoms with van der Waals surface area (Å²) >= 11 is 0. The van der Waals surface area contributed by atoms with Crippen LogP contribution in [0.25, 0.3) is 0 Å². The average Bonchev–Trinajstić information content (AvgIpc) is 3.11. The van der Waals surface area contributed by atoms with Gasteiger partial charge in [0.15, 0.2) is 0 Å². The van der Waals surface area contributed by atoms with Crippen molar-refractivity contribution in [2.24, 2.45) is 0 Å². The molecule has 168 valence electrons. The highest BCUT2D eigenvalue weighted by Crippen LogP contribution is 2.28. The summed E-state index contributed by atoms with van der Waals surface area (Å²) < 4.78 is 51.2. The van der Waals surface area contributed by atoms with E-state index in [2.05, 4.69) is 15.6 Å². The maximum absolute atomic E-state index is 14.1. The topological polar surface area (TPSA) is 110 Å². The van der Waals surface area contributed by atoms with Crippen molar-refractivity contribution >= 4 is 27.4 Å². The number of methoxy groups -OCH3 is 1. The largest absolute Gasteiger partial charge is 0.489 e. The van der Waals surface area contributed by atoms with Gasteiger partial charge in [-0.2, -0.15) is 4.31 Å². The van der Waals surface area contributed by atoms with Gasteiger partial charge in [0.1, 0.15) is 17.7 Å². The maximum Gasteiger partial charge on any atom is 0.323 e. The zero-order valence-corrected chi connectivity index (χ0v) is 18.1. The number of nitrogens with zero attached hydrogens (tertiary/aromatic N) is 2. The van der Waals surface area contributed by atoms with E-state index in [-0.39, 0.29) is 36.4 Å². The van der Waals surface area contributed by atoms with Crippen LogP contribution in [0.4, 0.5) is 20.6 Å². The number of ether oxygens (including phenoxy) is 2. The number of amides is 2. The fraction of sp³-hybridized carbons (Fsp3) is 0.400. The molecule has 1 saturated heterocycles. The van der Waals surface area contributed by atoms with Gasteiger partial charge in [0, 0.05) is 37.5 Å². The Morgan fingerprint density at radius 1 is 1.29 bits per heavy atom. The van der Waals surface area contributed by atoms with Gasteiger partial charge in [-0.15, -0.1) is 0 Å². The third kappa shape index (κ3) is 6.12. The van der Waals surface area contributed by atoms with Crippen molar-refractivity contribution in [1.29, 1.82) is 0 Å². The predicted molar refractivity (Wildman–Crippen MR) is 114 cm³/mol. The van der Waals surface area contributed by atoms with Crippen LogP contribution in [0.3, 0.4) is 0 Å². The van der Waals surface area contributed by atoms with Crippen LogP contribution in [0, 0.1) is 5.82 Å². The van der Waals surface area contributed by atoms with Gasteiger partial charge in [-0.1, -0.05) is 0 Å². The molecule has 0 bridgehead atoms. The van der Waals surface area contributed by atoms with Gasteiger partial charge in [-0.05, 0) is 25.1 Å². The van der Waals surface area contributed by atoms with Gasteiger partial charge < -0.3 is 20.1 Å². The van der Waals surface area contributed by atoms with E-state index in [1.54, 1.807) is 25.3 Å². The Morgan fingerprint density at radius 3 is 2.74 bits per heavy atom. The first-order valence-corrected chi connectivity index (χ1v) is 11.4. The number of hydrogen-bond acceptors (Lipinski definition) is 6. The Kier molecular flexibility index (Phi) is 7.42. The zero-order valence-electron chi connectivity index (χ0n) is 17.2. The van der Waals surface area contributed by atoms with Gasteiger partial charge in [0.05, 0.1) is 36.8 Å². The summed E-state index contributed by atoms with van der Waals surface area (Å²) in [6.45, 7) is 1.96. The van der Waals surface area contributed by atoms with Crippen molar-refractivity contribution in [2.75, 3.05) is 36.6 Å². The number of hydrogen-bond donors (Lipinski definition) is 2. The number of pyridine rings is 1. The summed E-state index contributed by atoms with van der Waals surface area (Å²) in [5.41, 5.74) is 0.682. The quantitative estimate of drug-likeness (QED) is 0.637. The number of rotatable bonds is 8. The molecular formula is C20H25FN4O5S. The summed E-state index contributed by atoms with van der Waals surface area (Å²) in [6.07, 6.45) is 2.99. The minimum atomic E-state index is -3.43. The number of carbonyl (C=O) groups excluding carboxylic acids is 1. The van der Waals surface area contributed by atoms with E-state index in [0.717, 1.165) is 6.07 Å². The number of benzene rings is 1. The Morgan fingerprint density at radius 2 is 2.06 bits per heavy atom. The molecule has 2 heterocycles. The molecule has 2 aromatic rings. The molecule has 2 N–H and O–H groups in total. The lowest BCUT2D eigenvalue weighted by Gasteiger charge is -2.22. The van der Waals surface area contributed by atoms with Crippen LogP contribution in [0.2, 0.25) is 0 Å². The number of nitrogens with one attached hydrogen (secondary N) is 2. The summed E-state index contributed by atoms with van der Waals surface area (Å²) in [5, 5.41) is 5.13. The highest BCUT2D eigenvalue weighted by atomic mass is 32.2. The van der Waals surface area contributed by atoms with E-state index in [0.29, 0.717) is 12.1 Å². The first-order valence-electron chi connectivity index (χ1n) is 9.74. The molecule has 2 amide bonds. The minimum Gasteiger partial charge on any atom is -0.489 e. The number of urea groups is 1. The highest BCUT2D eigenvalue weighted by Gasteiger charge is 2.39. The average molecular weight is 453 g/mol. The summed E-state index contributed by atoms with van der Waals surface area (Å²) in [6, 6.07) is 6.25. The second-order valence-corrected chi connectivity index (χ2v) is 9.26. The van der Waals surface area contributed by atoms with Crippen LogP contribution >= 0.6 is 0 Å². The monoisotopic (exact) mass is 452 g/mol. The maximum atomic E-state index is 14.1. The minimum absolute atomic E-state index is 0.0278. The molecule has 1 aromatic heterocycles. The third-order valence-corrected chi connectivity index (χ3v) is 6.65. The van der Waals surface area contributed by atoms with Crippen molar-refractivity contribution < 1.29 is 27.1 Å². The number of sulfonamides is 1. The molecule has 9 nitrogen and oxygen atoms in total. The smallest absolute Gasteiger partial charge is 0.323 e. The van der Waals surface area contributed by atoms with Gasteiger partial charge in [-0.3, -0.25) is 4.98 Å². The second kappa shape index (κ2) is 10.0. The van der Waals surface area contributed by atoms with E-state index in [9.17, 15) is 17.6 Å². The van der Waals surface area contributed by atoms with Crippen LogP contribution in [0.5, 0.6) is 5.75 Å². The van der Waals surface area contributed by atoms with Gasteiger partial charge in [-0.25, -0.2) is 17.6 Å². The molecule has 0 radical (unpaired) electrons. The SMILES string of the molecule is CCS(=O)(=O)N1CC(Oc2cc(F)cc(NC(=O)Nc3cccnc3)c2)C[C@H]1COC. The normalized spacial score (nSPS) is 19.2. The summed E-state index contributed by atoms with van der Waals surface area (Å²) in [7, 11) is -1.92. The van der Waals surface area contributed by atoms with Crippen molar-refractivity contribution in [2.45, 2.75) is 25.5 Å². The van der Waals surface area contributed by atoms with Crippen LogP contribution in [0.15, 0.2) is 42.7 Å². The third-order valence-electron chi connectivity index (χ3n) is 4.76. The Balaban J connectivity index is 1.68. The summed E-state index contributed by atoms with van der Waals surface area (Å²) in [4.78, 5) is 16.1. The lowest BCUT2D eigenvalue weighted by atomic mass is 10.2. The van der Waals surface area contributed by atoms with E-state index in [4.69, 9.17) is 9.47 Å². The molecule has 0 saturated carbocycles. The molecule has 1 fully saturated rings. The van der Waals surface area contributed by atoms with Crippen LogP contribution in [0.1, 0.15) is 13.3 Å². The number of anilines is 2. The molecule has 1 aliphatic rings. The van der Waals surface area contributed by atoms with Gasteiger partial charge in [0.2, 0.25) is 10.0 Å². The van der Waals surface area contributed by atoms with Gasteiger partial charge in [0.25, 0.3) is 0 Å². The van der Waals surface area contributed by atoms with E-state index >= 15 is 0 Å². The molecule has 2 atom stereocenters. The highest BCUT2D eigenvalue weighted by molar-refractivity contribution is 7.89. The van der Waals surface area contributed by atoms with Crippen molar-refractivity contribution in [1.82, 2.24) is 9.29 Å². The lowest BCUT2D eigenvalue weighted by Crippen LogP contribution is -2.39. The standard InChI is InChI=1S/C20H25FN4O5S/c1-3-31(27,28)25-12-19(10-17(25)13-29-2)30-18-8-14(21)7-16(9-18)24-20(26)23-15-5-4-6-22-11-15/h4-9,11,17,19H,3,10,12-13H2,1-2H3,(H2,23,24,26)/t17-,19?/m0/s1. The number of carbonyl (C=O) groups is 1. The first kappa shape index (κ1) is 22.9. The first-order chi connectivity index (χ1) is 14.8. The Labute approximate surface area is 180 Å². The van der Waals surface area contributed by atoms with Crippen LogP contribution in [-0.4, -0.2) is 61.9 Å². The molecular weight excluding hydrogens is 427 g/mol. The molecule has 1 aromatic carbocycles. The van der Waals surface area contributed by atoms with Crippen molar-refractivity contribution in [3.05, 3.63) is 48.5 Å². The number of aromatic nitrogens is 1. The Bertz CT molecular complexity index is 1010. The zero-order chi connectivity index (χ0) is 22.4. The van der Waals surface area contributed by atoms with E-state index in [1.165, 1.54) is 29.7 Å². The Hall–Kier alpha value is -2.76. The molecule has 11 heteroatoms. The predicted octanol–water partition coefficient (Wildman–Crippen LogP) is 2.68. The molecule has 0 spiro atoms.